The number of pyridine rings is 1. The number of nitrogens with zero attached hydrogens (tertiary/aromatic N) is 1. The molecule has 2 fully saturated rings. The molecular weight excluding hydrogens is 340 g/mol. The first kappa shape index (κ1) is 17.2. The molecule has 2 saturated carbocycles. The topological polar surface area (TPSA) is 48.4 Å². The molecule has 0 aliphatic heterocycles. The maximum atomic E-state index is 13.6. The number of carbonyl (C=O) groups is 1. The minimum atomic E-state index is -2.60. The Hall–Kier alpha value is -2.24. The standard InChI is InChI=1S/C20H21F2NO3/c21-20(22)13-19(20)8-3-4-14(12-19)18(24)26-11-10-25-17-7-9-23-16-6-2-1-5-15(16)17/h1-2,5-7,9,14H,3-4,8,10-13H2. The fourth-order valence-corrected chi connectivity index (χ4v) is 4.04. The molecule has 0 amide bonds. The van der Waals surface area contributed by atoms with Crippen LogP contribution in [-0.2, 0) is 9.53 Å². The fraction of sp³-hybridized carbons (Fsp3) is 0.500. The number of benzene rings is 1. The van der Waals surface area contributed by atoms with Crippen molar-refractivity contribution in [3.8, 4) is 5.75 Å². The number of rotatable bonds is 5. The molecule has 4 nitrogen and oxygen atoms in total. The molecule has 1 spiro atoms. The highest BCUT2D eigenvalue weighted by atomic mass is 19.3. The van der Waals surface area contributed by atoms with Gasteiger partial charge in [-0.2, -0.15) is 0 Å². The molecule has 1 aromatic heterocycles. The molecule has 6 heteroatoms. The normalized spacial score (nSPS) is 26.6. The Balaban J connectivity index is 1.28. The van der Waals surface area contributed by atoms with E-state index in [4.69, 9.17) is 9.47 Å². The van der Waals surface area contributed by atoms with Gasteiger partial charge in [-0.1, -0.05) is 18.6 Å². The highest BCUT2D eigenvalue weighted by molar-refractivity contribution is 5.84. The van der Waals surface area contributed by atoms with Crippen molar-refractivity contribution in [2.24, 2.45) is 11.3 Å². The average Bonchev–Trinajstić information content (AvgIpc) is 3.17. The molecule has 2 aliphatic carbocycles. The van der Waals surface area contributed by atoms with Gasteiger partial charge in [-0.3, -0.25) is 9.78 Å². The second kappa shape index (κ2) is 6.49. The fourth-order valence-electron chi connectivity index (χ4n) is 4.04. The van der Waals surface area contributed by atoms with Gasteiger partial charge in [0.05, 0.1) is 11.4 Å². The summed E-state index contributed by atoms with van der Waals surface area (Å²) >= 11 is 0. The van der Waals surface area contributed by atoms with E-state index < -0.39 is 17.3 Å². The number of esters is 1. The third-order valence-corrected chi connectivity index (χ3v) is 5.58. The largest absolute Gasteiger partial charge is 0.489 e. The van der Waals surface area contributed by atoms with Gasteiger partial charge < -0.3 is 9.47 Å². The summed E-state index contributed by atoms with van der Waals surface area (Å²) in [5.74, 6) is -2.72. The molecule has 0 N–H and O–H groups in total. The zero-order valence-corrected chi connectivity index (χ0v) is 14.4. The minimum Gasteiger partial charge on any atom is -0.489 e. The van der Waals surface area contributed by atoms with Gasteiger partial charge in [0.2, 0.25) is 0 Å². The summed E-state index contributed by atoms with van der Waals surface area (Å²) < 4.78 is 38.1. The summed E-state index contributed by atoms with van der Waals surface area (Å²) in [5, 5.41) is 0.895. The van der Waals surface area contributed by atoms with Crippen LogP contribution in [0.4, 0.5) is 8.78 Å². The lowest BCUT2D eigenvalue weighted by molar-refractivity contribution is -0.151. The van der Waals surface area contributed by atoms with Crippen LogP contribution in [0.5, 0.6) is 5.75 Å². The van der Waals surface area contributed by atoms with Gasteiger partial charge in [-0.25, -0.2) is 8.78 Å². The zero-order chi connectivity index (χ0) is 18.2. The summed E-state index contributed by atoms with van der Waals surface area (Å²) in [6.45, 7) is 0.323. The zero-order valence-electron chi connectivity index (χ0n) is 14.4. The van der Waals surface area contributed by atoms with E-state index in [9.17, 15) is 13.6 Å². The Bertz CT molecular complexity index is 820. The van der Waals surface area contributed by atoms with E-state index in [0.717, 1.165) is 10.9 Å². The summed E-state index contributed by atoms with van der Waals surface area (Å²) in [5.41, 5.74) is -0.110. The number of carbonyl (C=O) groups excluding carboxylic acids is 1. The summed E-state index contributed by atoms with van der Waals surface area (Å²) in [4.78, 5) is 16.5. The van der Waals surface area contributed by atoms with E-state index in [2.05, 4.69) is 4.98 Å². The summed E-state index contributed by atoms with van der Waals surface area (Å²) in [7, 11) is 0. The third-order valence-electron chi connectivity index (χ3n) is 5.58. The smallest absolute Gasteiger partial charge is 0.309 e. The van der Waals surface area contributed by atoms with Crippen LogP contribution in [0, 0.1) is 11.3 Å². The first-order valence-electron chi connectivity index (χ1n) is 9.02. The number of hydrogen-bond acceptors (Lipinski definition) is 4. The molecule has 138 valence electrons. The van der Waals surface area contributed by atoms with Crippen molar-refractivity contribution in [1.82, 2.24) is 4.98 Å². The first-order chi connectivity index (χ1) is 12.5. The molecule has 0 bridgehead atoms. The molecule has 0 radical (unpaired) electrons. The van der Waals surface area contributed by atoms with Crippen LogP contribution in [0.3, 0.4) is 0 Å². The lowest BCUT2D eigenvalue weighted by Crippen LogP contribution is -2.29. The number of hydrogen-bond donors (Lipinski definition) is 0. The van der Waals surface area contributed by atoms with E-state index >= 15 is 0 Å². The Morgan fingerprint density at radius 1 is 1.23 bits per heavy atom. The molecule has 4 rings (SSSR count). The number of ether oxygens (including phenoxy) is 2. The highest BCUT2D eigenvalue weighted by Gasteiger charge is 2.71. The maximum absolute atomic E-state index is 13.6. The number of aromatic nitrogens is 1. The molecule has 1 heterocycles. The number of fused-ring (bicyclic) bond motifs is 1. The number of para-hydroxylation sites is 1. The number of halogens is 2. The quantitative estimate of drug-likeness (QED) is 0.586. The van der Waals surface area contributed by atoms with Gasteiger partial charge in [-0.05, 0) is 37.5 Å². The van der Waals surface area contributed by atoms with Crippen molar-refractivity contribution in [3.05, 3.63) is 36.5 Å². The Morgan fingerprint density at radius 2 is 2.04 bits per heavy atom. The van der Waals surface area contributed by atoms with E-state index in [1.54, 1.807) is 12.3 Å². The summed E-state index contributed by atoms with van der Waals surface area (Å²) in [6, 6.07) is 9.39. The molecule has 2 unspecified atom stereocenters. The number of alkyl halides is 2. The van der Waals surface area contributed by atoms with Crippen molar-refractivity contribution in [3.63, 3.8) is 0 Å². The van der Waals surface area contributed by atoms with Crippen LogP contribution in [-0.4, -0.2) is 30.1 Å². The van der Waals surface area contributed by atoms with Crippen molar-refractivity contribution < 1.29 is 23.0 Å². The SMILES string of the molecule is O=C(OCCOc1ccnc2ccccc12)C1CCCC2(C1)CC2(F)F. The van der Waals surface area contributed by atoms with Crippen LogP contribution in [0.15, 0.2) is 36.5 Å². The first-order valence-corrected chi connectivity index (χ1v) is 9.02. The Labute approximate surface area is 150 Å². The van der Waals surface area contributed by atoms with Crippen molar-refractivity contribution in [1.29, 1.82) is 0 Å². The Kier molecular flexibility index (Phi) is 4.29. The minimum absolute atomic E-state index is 0.0813. The van der Waals surface area contributed by atoms with Gasteiger partial charge in [0.15, 0.2) is 0 Å². The van der Waals surface area contributed by atoms with Crippen molar-refractivity contribution >= 4 is 16.9 Å². The molecule has 1 aromatic carbocycles. The van der Waals surface area contributed by atoms with Crippen LogP contribution in [0.25, 0.3) is 10.9 Å². The highest BCUT2D eigenvalue weighted by Crippen LogP contribution is 2.68. The molecule has 26 heavy (non-hydrogen) atoms. The van der Waals surface area contributed by atoms with Gasteiger partial charge >= 0.3 is 5.97 Å². The van der Waals surface area contributed by atoms with Crippen molar-refractivity contribution in [2.45, 2.75) is 38.0 Å². The van der Waals surface area contributed by atoms with Gasteiger partial charge in [0.1, 0.15) is 19.0 Å². The molecule has 0 saturated heterocycles. The van der Waals surface area contributed by atoms with Gasteiger partial charge in [0, 0.05) is 23.4 Å². The maximum Gasteiger partial charge on any atom is 0.309 e. The molecular formula is C20H21F2NO3. The van der Waals surface area contributed by atoms with Gasteiger partial charge in [-0.15, -0.1) is 0 Å². The molecule has 2 aliphatic rings. The van der Waals surface area contributed by atoms with Crippen molar-refractivity contribution in [2.75, 3.05) is 13.2 Å². The van der Waals surface area contributed by atoms with Crippen LogP contribution in [0.1, 0.15) is 32.1 Å². The lowest BCUT2D eigenvalue weighted by atomic mass is 9.78. The predicted octanol–water partition coefficient (Wildman–Crippen LogP) is 4.37. The van der Waals surface area contributed by atoms with E-state index in [0.29, 0.717) is 25.0 Å². The summed E-state index contributed by atoms with van der Waals surface area (Å²) in [6.07, 6.45) is 3.64. The Morgan fingerprint density at radius 3 is 2.85 bits per heavy atom. The third kappa shape index (κ3) is 3.13. The van der Waals surface area contributed by atoms with Crippen LogP contribution >= 0.6 is 0 Å². The van der Waals surface area contributed by atoms with Gasteiger partial charge in [0.25, 0.3) is 5.92 Å². The monoisotopic (exact) mass is 361 g/mol. The lowest BCUT2D eigenvalue weighted by Gasteiger charge is -2.27. The molecule has 2 atom stereocenters. The predicted molar refractivity (Wildman–Crippen MR) is 92.2 cm³/mol. The van der Waals surface area contributed by atoms with E-state index in [-0.39, 0.29) is 32.0 Å². The second-order valence-electron chi connectivity index (χ2n) is 7.30. The van der Waals surface area contributed by atoms with Crippen LogP contribution in [0.2, 0.25) is 0 Å². The van der Waals surface area contributed by atoms with Crippen LogP contribution < -0.4 is 4.74 Å². The molecule has 2 aromatic rings. The van der Waals surface area contributed by atoms with E-state index in [1.165, 1.54) is 0 Å². The second-order valence-corrected chi connectivity index (χ2v) is 7.30. The average molecular weight is 361 g/mol. The van der Waals surface area contributed by atoms with E-state index in [1.807, 2.05) is 24.3 Å².